The van der Waals surface area contributed by atoms with Crippen LogP contribution in [0.1, 0.15) is 18.9 Å². The SMILES string of the molecule is COCCC(C)C(O)Cc1cccc(Cl)c1F. The molecule has 17 heavy (non-hydrogen) atoms. The fraction of sp³-hybridized carbons (Fsp3) is 0.538. The Morgan fingerprint density at radius 2 is 2.18 bits per heavy atom. The number of benzene rings is 1. The second-order valence-corrected chi connectivity index (χ2v) is 4.65. The molecular formula is C13H18ClFO2. The Bertz CT molecular complexity index is 357. The topological polar surface area (TPSA) is 29.5 Å². The minimum atomic E-state index is -0.585. The Morgan fingerprint density at radius 3 is 2.82 bits per heavy atom. The summed E-state index contributed by atoms with van der Waals surface area (Å²) in [5, 5.41) is 10.0. The molecule has 0 fully saturated rings. The monoisotopic (exact) mass is 260 g/mol. The summed E-state index contributed by atoms with van der Waals surface area (Å²) < 4.78 is 18.6. The molecule has 0 aliphatic heterocycles. The fourth-order valence-corrected chi connectivity index (χ4v) is 1.82. The number of halogens is 2. The third-order valence-corrected chi connectivity index (χ3v) is 3.19. The lowest BCUT2D eigenvalue weighted by Gasteiger charge is -2.18. The summed E-state index contributed by atoms with van der Waals surface area (Å²) in [5.41, 5.74) is 0.453. The Morgan fingerprint density at radius 1 is 1.47 bits per heavy atom. The average Bonchev–Trinajstić information content (AvgIpc) is 2.31. The van der Waals surface area contributed by atoms with Crippen molar-refractivity contribution in [3.63, 3.8) is 0 Å². The van der Waals surface area contributed by atoms with Crippen LogP contribution in [0.15, 0.2) is 18.2 Å². The maximum atomic E-state index is 13.6. The molecule has 0 bridgehead atoms. The number of rotatable bonds is 6. The number of aliphatic hydroxyl groups is 1. The van der Waals surface area contributed by atoms with E-state index in [1.165, 1.54) is 6.07 Å². The molecule has 1 aromatic carbocycles. The molecule has 0 aromatic heterocycles. The van der Waals surface area contributed by atoms with E-state index in [2.05, 4.69) is 0 Å². The van der Waals surface area contributed by atoms with Crippen LogP contribution in [0.3, 0.4) is 0 Å². The van der Waals surface area contributed by atoms with E-state index in [-0.39, 0.29) is 17.4 Å². The predicted octanol–water partition coefficient (Wildman–Crippen LogP) is 3.06. The van der Waals surface area contributed by atoms with Crippen molar-refractivity contribution < 1.29 is 14.2 Å². The van der Waals surface area contributed by atoms with E-state index >= 15 is 0 Å². The van der Waals surface area contributed by atoms with Crippen molar-refractivity contribution in [2.75, 3.05) is 13.7 Å². The molecule has 1 rings (SSSR count). The van der Waals surface area contributed by atoms with E-state index in [4.69, 9.17) is 16.3 Å². The van der Waals surface area contributed by atoms with Gasteiger partial charge in [-0.05, 0) is 24.0 Å². The molecule has 1 N–H and O–H groups in total. The average molecular weight is 261 g/mol. The zero-order valence-electron chi connectivity index (χ0n) is 10.1. The molecule has 0 saturated heterocycles. The molecule has 2 nitrogen and oxygen atoms in total. The first-order chi connectivity index (χ1) is 8.06. The van der Waals surface area contributed by atoms with E-state index in [9.17, 15) is 9.50 Å². The van der Waals surface area contributed by atoms with Crippen molar-refractivity contribution >= 4 is 11.6 Å². The van der Waals surface area contributed by atoms with Gasteiger partial charge < -0.3 is 9.84 Å². The second kappa shape index (κ2) is 6.94. The van der Waals surface area contributed by atoms with Crippen LogP contribution in [0.25, 0.3) is 0 Å². The summed E-state index contributed by atoms with van der Waals surface area (Å²) in [7, 11) is 1.62. The number of hydrogen-bond acceptors (Lipinski definition) is 2. The van der Waals surface area contributed by atoms with Gasteiger partial charge in [0, 0.05) is 20.1 Å². The van der Waals surface area contributed by atoms with Crippen molar-refractivity contribution in [1.29, 1.82) is 0 Å². The smallest absolute Gasteiger partial charge is 0.145 e. The van der Waals surface area contributed by atoms with Gasteiger partial charge in [-0.1, -0.05) is 30.7 Å². The van der Waals surface area contributed by atoms with Crippen molar-refractivity contribution in [3.8, 4) is 0 Å². The van der Waals surface area contributed by atoms with Gasteiger partial charge in [0.15, 0.2) is 0 Å². The van der Waals surface area contributed by atoms with Crippen LogP contribution in [0.5, 0.6) is 0 Å². The predicted molar refractivity (Wildman–Crippen MR) is 66.8 cm³/mol. The standard InChI is InChI=1S/C13H18ClFO2/c1-9(6-7-17-2)12(16)8-10-4-3-5-11(14)13(10)15/h3-5,9,12,16H,6-8H2,1-2H3. The van der Waals surface area contributed by atoms with Crippen molar-refractivity contribution in [2.24, 2.45) is 5.92 Å². The van der Waals surface area contributed by atoms with Crippen LogP contribution < -0.4 is 0 Å². The highest BCUT2D eigenvalue weighted by atomic mass is 35.5. The normalized spacial score (nSPS) is 14.6. The third kappa shape index (κ3) is 4.26. The molecule has 0 radical (unpaired) electrons. The first kappa shape index (κ1) is 14.4. The number of methoxy groups -OCH3 is 1. The van der Waals surface area contributed by atoms with Gasteiger partial charge in [-0.15, -0.1) is 0 Å². The highest BCUT2D eigenvalue weighted by molar-refractivity contribution is 6.30. The Balaban J connectivity index is 2.61. The summed E-state index contributed by atoms with van der Waals surface area (Å²) in [5.74, 6) is -0.375. The van der Waals surface area contributed by atoms with Gasteiger partial charge in [-0.3, -0.25) is 0 Å². The lowest BCUT2D eigenvalue weighted by atomic mass is 9.95. The molecule has 0 amide bonds. The third-order valence-electron chi connectivity index (χ3n) is 2.89. The highest BCUT2D eigenvalue weighted by Crippen LogP contribution is 2.21. The molecule has 2 atom stereocenters. The first-order valence-corrected chi connectivity index (χ1v) is 6.04. The summed E-state index contributed by atoms with van der Waals surface area (Å²) >= 11 is 5.68. The van der Waals surface area contributed by atoms with Crippen molar-refractivity contribution in [2.45, 2.75) is 25.9 Å². The summed E-state index contributed by atoms with van der Waals surface area (Å²) in [6.07, 6.45) is 0.440. The van der Waals surface area contributed by atoms with Crippen LogP contribution in [0, 0.1) is 11.7 Å². The summed E-state index contributed by atoms with van der Waals surface area (Å²) in [6.45, 7) is 2.52. The maximum Gasteiger partial charge on any atom is 0.145 e. The zero-order chi connectivity index (χ0) is 12.8. The van der Waals surface area contributed by atoms with Crippen LogP contribution in [0.4, 0.5) is 4.39 Å². The molecule has 0 heterocycles. The van der Waals surface area contributed by atoms with Crippen LogP contribution in [-0.2, 0) is 11.2 Å². The first-order valence-electron chi connectivity index (χ1n) is 5.66. The van der Waals surface area contributed by atoms with Gasteiger partial charge in [0.05, 0.1) is 11.1 Å². The molecule has 0 aliphatic rings. The molecule has 4 heteroatoms. The van der Waals surface area contributed by atoms with Gasteiger partial charge >= 0.3 is 0 Å². The fourth-order valence-electron chi connectivity index (χ4n) is 1.63. The Labute approximate surface area is 106 Å². The molecule has 0 aliphatic carbocycles. The Hall–Kier alpha value is -0.640. The molecule has 96 valence electrons. The number of aliphatic hydroxyl groups excluding tert-OH is 1. The minimum Gasteiger partial charge on any atom is -0.393 e. The van der Waals surface area contributed by atoms with Gasteiger partial charge in [0.25, 0.3) is 0 Å². The van der Waals surface area contributed by atoms with Crippen LogP contribution >= 0.6 is 11.6 Å². The Kier molecular flexibility index (Phi) is 5.89. The van der Waals surface area contributed by atoms with E-state index in [0.29, 0.717) is 12.2 Å². The summed E-state index contributed by atoms with van der Waals surface area (Å²) in [6, 6.07) is 4.84. The number of ether oxygens (including phenoxy) is 1. The van der Waals surface area contributed by atoms with E-state index in [1.54, 1.807) is 19.2 Å². The summed E-state index contributed by atoms with van der Waals surface area (Å²) in [4.78, 5) is 0. The van der Waals surface area contributed by atoms with Crippen molar-refractivity contribution in [3.05, 3.63) is 34.6 Å². The lowest BCUT2D eigenvalue weighted by molar-refractivity contribution is 0.0880. The molecule has 1 aromatic rings. The number of hydrogen-bond donors (Lipinski definition) is 1. The van der Waals surface area contributed by atoms with Gasteiger partial charge in [-0.2, -0.15) is 0 Å². The molecule has 0 spiro atoms. The van der Waals surface area contributed by atoms with Gasteiger partial charge in [-0.25, -0.2) is 4.39 Å². The molecular weight excluding hydrogens is 243 g/mol. The van der Waals surface area contributed by atoms with Crippen molar-refractivity contribution in [1.82, 2.24) is 0 Å². The van der Waals surface area contributed by atoms with Gasteiger partial charge in [0.1, 0.15) is 5.82 Å². The van der Waals surface area contributed by atoms with Crippen LogP contribution in [-0.4, -0.2) is 24.9 Å². The minimum absolute atomic E-state index is 0.0633. The van der Waals surface area contributed by atoms with Gasteiger partial charge in [0.2, 0.25) is 0 Å². The lowest BCUT2D eigenvalue weighted by Crippen LogP contribution is -2.22. The molecule has 0 saturated carbocycles. The molecule has 2 unspecified atom stereocenters. The quantitative estimate of drug-likeness (QED) is 0.852. The van der Waals surface area contributed by atoms with E-state index < -0.39 is 11.9 Å². The zero-order valence-corrected chi connectivity index (χ0v) is 10.9. The largest absolute Gasteiger partial charge is 0.393 e. The van der Waals surface area contributed by atoms with E-state index in [0.717, 1.165) is 6.42 Å². The maximum absolute atomic E-state index is 13.6. The van der Waals surface area contributed by atoms with E-state index in [1.807, 2.05) is 6.92 Å². The second-order valence-electron chi connectivity index (χ2n) is 4.24. The highest BCUT2D eigenvalue weighted by Gasteiger charge is 2.17. The van der Waals surface area contributed by atoms with Crippen LogP contribution in [0.2, 0.25) is 5.02 Å².